The van der Waals surface area contributed by atoms with Gasteiger partial charge >= 0.3 is 0 Å². The van der Waals surface area contributed by atoms with Crippen LogP contribution in [0.15, 0.2) is 10.7 Å². The molecular weight excluding hydrogens is 272 g/mol. The Bertz CT molecular complexity index is 325. The molecule has 0 radical (unpaired) electrons. The van der Waals surface area contributed by atoms with Gasteiger partial charge in [-0.15, -0.1) is 0 Å². The van der Waals surface area contributed by atoms with Crippen molar-refractivity contribution >= 4 is 21.9 Å². The predicted octanol–water partition coefficient (Wildman–Crippen LogP) is 2.31. The molecule has 0 aliphatic heterocycles. The van der Waals surface area contributed by atoms with E-state index in [1.807, 2.05) is 6.92 Å². The summed E-state index contributed by atoms with van der Waals surface area (Å²) >= 11 is 3.11. The fraction of sp³-hybridized carbons (Fsp3) is 0.500. The minimum Gasteiger partial charge on any atom is -0.471 e. The summed E-state index contributed by atoms with van der Waals surface area (Å²) in [5.74, 6) is 0.464. The lowest BCUT2D eigenvalue weighted by atomic mass is 10.6. The number of halogens is 3. The Kier molecular flexibility index (Phi) is 4.67. The van der Waals surface area contributed by atoms with E-state index in [0.717, 1.165) is 0 Å². The maximum atomic E-state index is 11.9. The van der Waals surface area contributed by atoms with Gasteiger partial charge in [-0.2, -0.15) is 4.98 Å². The molecule has 0 aliphatic rings. The molecule has 0 amide bonds. The molecule has 0 bridgehead atoms. The van der Waals surface area contributed by atoms with Crippen molar-refractivity contribution in [1.29, 1.82) is 0 Å². The zero-order valence-corrected chi connectivity index (χ0v) is 9.59. The van der Waals surface area contributed by atoms with Gasteiger partial charge in [0.15, 0.2) is 6.61 Å². The summed E-state index contributed by atoms with van der Waals surface area (Å²) in [6.45, 7) is 1.85. The molecule has 0 saturated heterocycles. The number of alkyl halides is 2. The van der Waals surface area contributed by atoms with Gasteiger partial charge < -0.3 is 10.1 Å². The van der Waals surface area contributed by atoms with E-state index in [4.69, 9.17) is 4.74 Å². The monoisotopic (exact) mass is 281 g/mol. The van der Waals surface area contributed by atoms with Crippen molar-refractivity contribution < 1.29 is 13.5 Å². The van der Waals surface area contributed by atoms with Crippen LogP contribution in [0.3, 0.4) is 0 Å². The predicted molar refractivity (Wildman–Crippen MR) is 55.4 cm³/mol. The van der Waals surface area contributed by atoms with Crippen LogP contribution in [0.5, 0.6) is 5.88 Å². The van der Waals surface area contributed by atoms with E-state index in [1.165, 1.54) is 6.20 Å². The maximum absolute atomic E-state index is 11.9. The first-order valence-corrected chi connectivity index (χ1v) is 5.10. The minimum atomic E-state index is -2.52. The molecule has 0 aliphatic carbocycles. The molecular formula is C8H10BrF2N3O. The fourth-order valence-corrected chi connectivity index (χ4v) is 1.14. The molecule has 1 rings (SSSR count). The number of hydrogen-bond donors (Lipinski definition) is 1. The molecule has 1 N–H and O–H groups in total. The summed E-state index contributed by atoms with van der Waals surface area (Å²) in [5.41, 5.74) is 0. The average molecular weight is 282 g/mol. The first kappa shape index (κ1) is 12.1. The normalized spacial score (nSPS) is 10.5. The molecule has 0 saturated carbocycles. The number of rotatable bonds is 5. The Morgan fingerprint density at radius 1 is 1.60 bits per heavy atom. The topological polar surface area (TPSA) is 47.0 Å². The molecule has 0 unspecified atom stereocenters. The van der Waals surface area contributed by atoms with Gasteiger partial charge in [0.05, 0.1) is 10.7 Å². The lowest BCUT2D eigenvalue weighted by molar-refractivity contribution is 0.0791. The summed E-state index contributed by atoms with van der Waals surface area (Å²) in [6, 6.07) is 0. The van der Waals surface area contributed by atoms with E-state index >= 15 is 0 Å². The lowest BCUT2D eigenvalue weighted by Crippen LogP contribution is -2.10. The van der Waals surface area contributed by atoms with E-state index in [-0.39, 0.29) is 5.88 Å². The van der Waals surface area contributed by atoms with Gasteiger partial charge in [0, 0.05) is 6.54 Å². The number of ether oxygens (including phenoxy) is 1. The number of nitrogens with zero attached hydrogens (tertiary/aromatic N) is 2. The molecule has 0 aromatic carbocycles. The Morgan fingerprint density at radius 3 is 2.93 bits per heavy atom. The summed E-state index contributed by atoms with van der Waals surface area (Å²) in [4.78, 5) is 7.83. The van der Waals surface area contributed by atoms with E-state index in [2.05, 4.69) is 31.2 Å². The fourth-order valence-electron chi connectivity index (χ4n) is 0.838. The highest BCUT2D eigenvalue weighted by atomic mass is 79.9. The van der Waals surface area contributed by atoms with E-state index < -0.39 is 13.0 Å². The zero-order valence-electron chi connectivity index (χ0n) is 8.01. The number of nitrogens with one attached hydrogen (secondary N) is 1. The van der Waals surface area contributed by atoms with Gasteiger partial charge in [-0.1, -0.05) is 0 Å². The number of anilines is 1. The van der Waals surface area contributed by atoms with Crippen LogP contribution in [0.2, 0.25) is 0 Å². The van der Waals surface area contributed by atoms with Crippen LogP contribution in [0.25, 0.3) is 0 Å². The van der Waals surface area contributed by atoms with Gasteiger partial charge in [-0.25, -0.2) is 13.8 Å². The van der Waals surface area contributed by atoms with Crippen molar-refractivity contribution in [3.63, 3.8) is 0 Å². The SMILES string of the molecule is CCNc1ncc(Br)c(OCC(F)F)n1. The molecule has 7 heteroatoms. The largest absolute Gasteiger partial charge is 0.471 e. The summed E-state index contributed by atoms with van der Waals surface area (Å²) < 4.78 is 29.0. The highest BCUT2D eigenvalue weighted by Gasteiger charge is 2.09. The number of hydrogen-bond acceptors (Lipinski definition) is 4. The van der Waals surface area contributed by atoms with Crippen LogP contribution in [0, 0.1) is 0 Å². The third-order valence-electron chi connectivity index (χ3n) is 1.39. The van der Waals surface area contributed by atoms with Crippen LogP contribution < -0.4 is 10.1 Å². The van der Waals surface area contributed by atoms with Crippen LogP contribution in [-0.4, -0.2) is 29.5 Å². The molecule has 84 valence electrons. The summed E-state index contributed by atoms with van der Waals surface area (Å²) in [7, 11) is 0. The van der Waals surface area contributed by atoms with Gasteiger partial charge in [-0.3, -0.25) is 0 Å². The second-order valence-corrected chi connectivity index (χ2v) is 3.43. The van der Waals surface area contributed by atoms with Crippen LogP contribution in [0.4, 0.5) is 14.7 Å². The van der Waals surface area contributed by atoms with Gasteiger partial charge in [0.25, 0.3) is 6.43 Å². The standard InChI is InChI=1S/C8H10BrF2N3O/c1-2-12-8-13-3-5(9)7(14-8)15-4-6(10)11/h3,6H,2,4H2,1H3,(H,12,13,14). The Balaban J connectivity index is 2.71. The molecule has 1 aromatic heterocycles. The molecule has 15 heavy (non-hydrogen) atoms. The molecule has 0 atom stereocenters. The van der Waals surface area contributed by atoms with Crippen molar-refractivity contribution in [1.82, 2.24) is 9.97 Å². The number of aromatic nitrogens is 2. The minimum absolute atomic E-state index is 0.112. The smallest absolute Gasteiger partial charge is 0.272 e. The molecule has 4 nitrogen and oxygen atoms in total. The lowest BCUT2D eigenvalue weighted by Gasteiger charge is -2.08. The first-order valence-electron chi connectivity index (χ1n) is 4.30. The molecule has 0 spiro atoms. The Hall–Kier alpha value is -0.980. The van der Waals surface area contributed by atoms with Gasteiger partial charge in [0.1, 0.15) is 0 Å². The third kappa shape index (κ3) is 3.94. The zero-order chi connectivity index (χ0) is 11.3. The summed E-state index contributed by atoms with van der Waals surface area (Å²) in [5, 5.41) is 2.85. The van der Waals surface area contributed by atoms with Crippen molar-refractivity contribution in [2.75, 3.05) is 18.5 Å². The highest BCUT2D eigenvalue weighted by molar-refractivity contribution is 9.10. The van der Waals surface area contributed by atoms with Gasteiger partial charge in [-0.05, 0) is 22.9 Å². The van der Waals surface area contributed by atoms with E-state index in [1.54, 1.807) is 0 Å². The second kappa shape index (κ2) is 5.79. The highest BCUT2D eigenvalue weighted by Crippen LogP contribution is 2.22. The van der Waals surface area contributed by atoms with Crippen LogP contribution in [0.1, 0.15) is 6.92 Å². The van der Waals surface area contributed by atoms with Crippen molar-refractivity contribution in [3.05, 3.63) is 10.7 Å². The van der Waals surface area contributed by atoms with Crippen molar-refractivity contribution in [2.24, 2.45) is 0 Å². The Morgan fingerprint density at radius 2 is 2.33 bits per heavy atom. The van der Waals surface area contributed by atoms with E-state index in [0.29, 0.717) is 17.0 Å². The van der Waals surface area contributed by atoms with Crippen LogP contribution in [-0.2, 0) is 0 Å². The second-order valence-electron chi connectivity index (χ2n) is 2.58. The molecule has 0 fully saturated rings. The van der Waals surface area contributed by atoms with Crippen LogP contribution >= 0.6 is 15.9 Å². The first-order chi connectivity index (χ1) is 7.13. The van der Waals surface area contributed by atoms with Crippen molar-refractivity contribution in [3.8, 4) is 5.88 Å². The van der Waals surface area contributed by atoms with Crippen molar-refractivity contribution in [2.45, 2.75) is 13.3 Å². The van der Waals surface area contributed by atoms with Gasteiger partial charge in [0.2, 0.25) is 11.8 Å². The third-order valence-corrected chi connectivity index (χ3v) is 1.94. The Labute approximate surface area is 94.2 Å². The summed E-state index contributed by atoms with van der Waals surface area (Å²) in [6.07, 6.45) is -1.07. The van der Waals surface area contributed by atoms with E-state index in [9.17, 15) is 8.78 Å². The average Bonchev–Trinajstić information content (AvgIpc) is 2.19. The maximum Gasteiger partial charge on any atom is 0.272 e. The quantitative estimate of drug-likeness (QED) is 0.900. The molecule has 1 heterocycles. The molecule has 1 aromatic rings.